The number of hydrogen-bond donors (Lipinski definition) is 12. The Labute approximate surface area is 360 Å². The molecule has 1 unspecified atom stereocenters. The fourth-order valence-electron chi connectivity index (χ4n) is 6.39. The lowest BCUT2D eigenvalue weighted by molar-refractivity contribution is -0.144. The van der Waals surface area contributed by atoms with E-state index in [0.29, 0.717) is 5.56 Å². The molecule has 27 heteroatoms. The molecule has 62 heavy (non-hydrogen) atoms. The van der Waals surface area contributed by atoms with Crippen molar-refractivity contribution in [1.82, 2.24) is 31.1 Å². The number of benzene rings is 2. The number of hydrogen-bond acceptors (Lipinski definition) is 13. The SMILES string of the molecule is Cc1cc(C)c(-c2cc(C)c(OP(=O)(O)OCCC[C@H](C(=O)O)N(CCNCC(=O)NCP(=O)(O)O)CCN(CCNCP(=O)(O)O)CC(=O)NCP(=O)(O)O)cc2C)c(C)c1. The number of amides is 2. The molecule has 0 aromatic heterocycles. The molecule has 2 atom stereocenters. The summed E-state index contributed by atoms with van der Waals surface area (Å²) in [5.41, 5.74) is 6.60. The van der Waals surface area contributed by atoms with E-state index in [1.807, 2.05) is 33.8 Å². The molecule has 0 aliphatic rings. The number of carboxylic acid groups (broad SMARTS) is 1. The average Bonchev–Trinajstić information content (AvgIpc) is 3.11. The van der Waals surface area contributed by atoms with Crippen LogP contribution in [0.5, 0.6) is 5.75 Å². The molecular formula is C35H60N6O17P4. The monoisotopic (exact) mass is 960 g/mol. The van der Waals surface area contributed by atoms with Crippen molar-refractivity contribution in [2.75, 3.05) is 77.8 Å². The first-order chi connectivity index (χ1) is 28.6. The number of carboxylic acids is 1. The first-order valence-corrected chi connectivity index (χ1v) is 26.1. The molecule has 2 amide bonds. The van der Waals surface area contributed by atoms with E-state index in [2.05, 4.69) is 33.4 Å². The molecule has 0 saturated carbocycles. The van der Waals surface area contributed by atoms with Gasteiger partial charge in [-0.1, -0.05) is 17.7 Å². The Balaban J connectivity index is 2.20. The maximum absolute atomic E-state index is 13.1. The maximum atomic E-state index is 13.1. The average molecular weight is 961 g/mol. The minimum absolute atomic E-state index is 0.0283. The summed E-state index contributed by atoms with van der Waals surface area (Å²) in [6.07, 6.45) is -2.74. The Morgan fingerprint density at radius 1 is 0.677 bits per heavy atom. The molecule has 0 heterocycles. The molecule has 0 spiro atoms. The van der Waals surface area contributed by atoms with Crippen LogP contribution in [0.2, 0.25) is 0 Å². The second-order valence-corrected chi connectivity index (χ2v) is 21.1. The maximum Gasteiger partial charge on any atom is 0.527 e. The van der Waals surface area contributed by atoms with E-state index in [1.165, 1.54) is 9.80 Å². The first kappa shape index (κ1) is 55.2. The Bertz CT molecular complexity index is 2020. The summed E-state index contributed by atoms with van der Waals surface area (Å²) in [5.74, 6) is -2.75. The van der Waals surface area contributed by atoms with Crippen LogP contribution in [0.1, 0.15) is 40.7 Å². The predicted octanol–water partition coefficient (Wildman–Crippen LogP) is 1.05. The van der Waals surface area contributed by atoms with Crippen LogP contribution >= 0.6 is 30.6 Å². The lowest BCUT2D eigenvalue weighted by Crippen LogP contribution is -2.50. The van der Waals surface area contributed by atoms with Crippen LogP contribution in [0.3, 0.4) is 0 Å². The number of aliphatic carboxylic acids is 1. The molecule has 0 aliphatic carbocycles. The molecule has 0 fully saturated rings. The summed E-state index contributed by atoms with van der Waals surface area (Å²) in [6.45, 7) is 8.02. The highest BCUT2D eigenvalue weighted by atomic mass is 31.2. The molecule has 2 aromatic carbocycles. The van der Waals surface area contributed by atoms with Crippen molar-refractivity contribution in [1.29, 1.82) is 0 Å². The van der Waals surface area contributed by atoms with Crippen LogP contribution in [0, 0.1) is 34.6 Å². The first-order valence-electron chi connectivity index (χ1n) is 19.2. The van der Waals surface area contributed by atoms with Gasteiger partial charge in [0, 0.05) is 39.3 Å². The smallest absolute Gasteiger partial charge is 0.480 e. The van der Waals surface area contributed by atoms with E-state index in [4.69, 9.17) is 28.6 Å². The number of phosphoric ester groups is 1. The van der Waals surface area contributed by atoms with Crippen LogP contribution in [0.15, 0.2) is 24.3 Å². The Morgan fingerprint density at radius 3 is 1.81 bits per heavy atom. The van der Waals surface area contributed by atoms with Gasteiger partial charge >= 0.3 is 36.6 Å². The number of carbonyl (C=O) groups excluding carboxylic acids is 2. The van der Waals surface area contributed by atoms with Crippen LogP contribution in [-0.2, 0) is 37.2 Å². The van der Waals surface area contributed by atoms with Gasteiger partial charge in [0.05, 0.1) is 26.0 Å². The van der Waals surface area contributed by atoms with Gasteiger partial charge < -0.3 is 60.3 Å². The zero-order valence-electron chi connectivity index (χ0n) is 35.2. The van der Waals surface area contributed by atoms with Crippen LogP contribution in [-0.4, -0.2) is 151 Å². The van der Waals surface area contributed by atoms with E-state index in [-0.39, 0.29) is 57.9 Å². The summed E-state index contributed by atoms with van der Waals surface area (Å²) >= 11 is 0. The van der Waals surface area contributed by atoms with E-state index >= 15 is 0 Å². The summed E-state index contributed by atoms with van der Waals surface area (Å²) in [6, 6.07) is 6.36. The summed E-state index contributed by atoms with van der Waals surface area (Å²) in [5, 5.41) is 19.7. The van der Waals surface area contributed by atoms with Crippen molar-refractivity contribution >= 4 is 48.4 Å². The molecular weight excluding hydrogens is 900 g/mol. The Hall–Kier alpha value is -2.91. The standard InChI is InChI=1S/C35H60N6O17P4/c1-24-15-27(4)34(28(5)16-24)29-17-26(3)31(18-25(29)2)58-62(55,56)57-14-6-7-30(35(44)45)41(11-9-36-19-32(42)38-22-60(49,50)51)13-12-40(10-8-37-21-59(46,47)48)20-33(43)39-23-61(52,53)54/h15-18,30,36-37H,6-14,19-23H2,1-5H3,(H,38,42)(H,39,43)(H,44,45)(H,55,56)(H2,46,47,48)(H2,49,50,51)(H2,52,53,54)/t30-/m1/s1. The largest absolute Gasteiger partial charge is 0.527 e. The third-order valence-electron chi connectivity index (χ3n) is 9.10. The Morgan fingerprint density at radius 2 is 1.24 bits per heavy atom. The highest BCUT2D eigenvalue weighted by Crippen LogP contribution is 2.46. The van der Waals surface area contributed by atoms with Gasteiger partial charge in [0.1, 0.15) is 24.4 Å². The number of aryl methyl sites for hydroxylation is 5. The zero-order chi connectivity index (χ0) is 47.1. The van der Waals surface area contributed by atoms with Crippen molar-refractivity contribution < 1.29 is 81.1 Å². The predicted molar refractivity (Wildman–Crippen MR) is 229 cm³/mol. The third-order valence-corrected chi connectivity index (χ3v) is 11.8. The fraction of sp³-hybridized carbons (Fsp3) is 0.571. The number of nitrogens with zero attached hydrogens (tertiary/aromatic N) is 2. The lowest BCUT2D eigenvalue weighted by atomic mass is 9.90. The minimum Gasteiger partial charge on any atom is -0.480 e. The van der Waals surface area contributed by atoms with Crippen molar-refractivity contribution in [3.05, 3.63) is 52.1 Å². The topological polar surface area (TPSA) is 354 Å². The van der Waals surface area contributed by atoms with Crippen molar-refractivity contribution in [3.8, 4) is 16.9 Å². The Kier molecular flexibility index (Phi) is 22.2. The molecule has 0 saturated heterocycles. The van der Waals surface area contributed by atoms with E-state index < -0.39 is 93.0 Å². The van der Waals surface area contributed by atoms with Gasteiger partial charge in [-0.05, 0) is 93.0 Å². The molecule has 0 radical (unpaired) electrons. The van der Waals surface area contributed by atoms with Gasteiger partial charge in [-0.3, -0.25) is 47.3 Å². The van der Waals surface area contributed by atoms with Crippen molar-refractivity contribution in [2.45, 2.75) is 53.5 Å². The van der Waals surface area contributed by atoms with Gasteiger partial charge in [0.2, 0.25) is 11.8 Å². The second kappa shape index (κ2) is 25.0. The molecule has 352 valence electrons. The molecule has 0 aliphatic heterocycles. The third kappa shape index (κ3) is 22.1. The summed E-state index contributed by atoms with van der Waals surface area (Å²) in [7, 11) is -18.3. The van der Waals surface area contributed by atoms with Gasteiger partial charge in [-0.2, -0.15) is 0 Å². The number of rotatable bonds is 29. The van der Waals surface area contributed by atoms with E-state index in [9.17, 15) is 52.4 Å². The molecule has 2 aromatic rings. The van der Waals surface area contributed by atoms with Crippen LogP contribution in [0.25, 0.3) is 11.1 Å². The lowest BCUT2D eigenvalue weighted by Gasteiger charge is -2.32. The van der Waals surface area contributed by atoms with E-state index in [0.717, 1.165) is 33.4 Å². The zero-order valence-corrected chi connectivity index (χ0v) is 38.8. The molecule has 23 nitrogen and oxygen atoms in total. The van der Waals surface area contributed by atoms with Gasteiger partial charge in [-0.25, -0.2) is 4.57 Å². The van der Waals surface area contributed by atoms with Gasteiger partial charge in [0.15, 0.2) is 0 Å². The van der Waals surface area contributed by atoms with Crippen molar-refractivity contribution in [3.63, 3.8) is 0 Å². The minimum atomic E-state index is -4.72. The molecule has 2 rings (SSSR count). The highest BCUT2D eigenvalue weighted by Gasteiger charge is 2.29. The fourth-order valence-corrected chi connectivity index (χ4v) is 8.46. The number of nitrogens with one attached hydrogen (secondary N) is 4. The van der Waals surface area contributed by atoms with Crippen molar-refractivity contribution in [2.24, 2.45) is 0 Å². The second-order valence-electron chi connectivity index (χ2n) is 14.8. The summed E-state index contributed by atoms with van der Waals surface area (Å²) < 4.78 is 57.5. The number of phosphoric acid groups is 1. The molecule has 12 N–H and O–H groups in total. The molecule has 0 bridgehead atoms. The quantitative estimate of drug-likeness (QED) is 0.0400. The summed E-state index contributed by atoms with van der Waals surface area (Å²) in [4.78, 5) is 106. The normalized spacial score (nSPS) is 13.8. The van der Waals surface area contributed by atoms with Crippen LogP contribution in [0.4, 0.5) is 0 Å². The van der Waals surface area contributed by atoms with Gasteiger partial charge in [0.25, 0.3) is 0 Å². The van der Waals surface area contributed by atoms with Gasteiger partial charge in [-0.15, -0.1) is 0 Å². The number of carbonyl (C=O) groups is 3. The van der Waals surface area contributed by atoms with E-state index in [1.54, 1.807) is 13.0 Å². The van der Waals surface area contributed by atoms with Crippen LogP contribution < -0.4 is 25.8 Å². The highest BCUT2D eigenvalue weighted by molar-refractivity contribution is 7.52.